The van der Waals surface area contributed by atoms with Crippen LogP contribution in [0.4, 0.5) is 5.95 Å². The van der Waals surface area contributed by atoms with Crippen LogP contribution < -0.4 is 5.32 Å². The molecule has 0 unspecified atom stereocenters. The van der Waals surface area contributed by atoms with E-state index in [4.69, 9.17) is 4.74 Å². The number of rotatable bonds is 5. The molecule has 1 aliphatic rings. The summed E-state index contributed by atoms with van der Waals surface area (Å²) in [6.07, 6.45) is 4.18. The number of aromatic nitrogens is 2. The van der Waals surface area contributed by atoms with Gasteiger partial charge < -0.3 is 15.2 Å². The molecule has 1 aromatic heterocycles. The maximum absolute atomic E-state index is 11.7. The molecule has 0 bridgehead atoms. The summed E-state index contributed by atoms with van der Waals surface area (Å²) < 4.78 is 4.91. The minimum absolute atomic E-state index is 0.227. The summed E-state index contributed by atoms with van der Waals surface area (Å²) in [5, 5.41) is 12.3. The molecule has 1 fully saturated rings. The number of esters is 1. The molecular formula is C14H19N3O4. The highest BCUT2D eigenvalue weighted by atomic mass is 16.5. The number of carbonyl (C=O) groups excluding carboxylic acids is 1. The van der Waals surface area contributed by atoms with E-state index in [2.05, 4.69) is 15.3 Å². The Hall–Kier alpha value is -2.18. The first-order valence-electron chi connectivity index (χ1n) is 7.01. The second-order valence-corrected chi connectivity index (χ2v) is 5.13. The lowest BCUT2D eigenvalue weighted by atomic mass is 9.98. The van der Waals surface area contributed by atoms with Crippen molar-refractivity contribution in [3.05, 3.63) is 17.5 Å². The van der Waals surface area contributed by atoms with Crippen molar-refractivity contribution in [3.63, 3.8) is 0 Å². The maximum Gasteiger partial charge on any atom is 0.341 e. The van der Waals surface area contributed by atoms with E-state index in [0.717, 1.165) is 12.8 Å². The SMILES string of the molecule is CCOC(=O)c1cnc(NC2(C(=O)O)CCCC2)nc1C. The summed E-state index contributed by atoms with van der Waals surface area (Å²) in [4.78, 5) is 31.4. The van der Waals surface area contributed by atoms with Gasteiger partial charge in [-0.3, -0.25) is 0 Å². The van der Waals surface area contributed by atoms with Gasteiger partial charge in [0, 0.05) is 6.20 Å². The molecule has 0 aromatic carbocycles. The molecular weight excluding hydrogens is 274 g/mol. The second kappa shape index (κ2) is 6.07. The van der Waals surface area contributed by atoms with E-state index in [9.17, 15) is 14.7 Å². The molecule has 0 amide bonds. The van der Waals surface area contributed by atoms with Crippen molar-refractivity contribution >= 4 is 17.9 Å². The summed E-state index contributed by atoms with van der Waals surface area (Å²) in [6, 6.07) is 0. The summed E-state index contributed by atoms with van der Waals surface area (Å²) in [6.45, 7) is 3.67. The molecule has 1 saturated carbocycles. The topological polar surface area (TPSA) is 101 Å². The zero-order valence-corrected chi connectivity index (χ0v) is 12.2. The second-order valence-electron chi connectivity index (χ2n) is 5.13. The van der Waals surface area contributed by atoms with E-state index >= 15 is 0 Å². The van der Waals surface area contributed by atoms with Crippen molar-refractivity contribution in [2.75, 3.05) is 11.9 Å². The quantitative estimate of drug-likeness (QED) is 0.798. The van der Waals surface area contributed by atoms with E-state index < -0.39 is 17.5 Å². The average molecular weight is 293 g/mol. The lowest BCUT2D eigenvalue weighted by Crippen LogP contribution is -2.44. The Labute approximate surface area is 122 Å². The predicted molar refractivity (Wildman–Crippen MR) is 75.2 cm³/mol. The smallest absolute Gasteiger partial charge is 0.341 e. The van der Waals surface area contributed by atoms with Crippen LogP contribution in [0, 0.1) is 6.92 Å². The van der Waals surface area contributed by atoms with E-state index in [-0.39, 0.29) is 18.1 Å². The summed E-state index contributed by atoms with van der Waals surface area (Å²) >= 11 is 0. The van der Waals surface area contributed by atoms with Gasteiger partial charge in [0.25, 0.3) is 0 Å². The molecule has 0 radical (unpaired) electrons. The van der Waals surface area contributed by atoms with Gasteiger partial charge in [0.05, 0.1) is 17.9 Å². The van der Waals surface area contributed by atoms with Crippen LogP contribution in [0.25, 0.3) is 0 Å². The molecule has 2 rings (SSSR count). The number of hydrogen-bond donors (Lipinski definition) is 2. The van der Waals surface area contributed by atoms with Crippen molar-refractivity contribution in [1.29, 1.82) is 0 Å². The zero-order valence-electron chi connectivity index (χ0n) is 12.2. The van der Waals surface area contributed by atoms with Crippen molar-refractivity contribution in [2.45, 2.75) is 45.1 Å². The molecule has 21 heavy (non-hydrogen) atoms. The van der Waals surface area contributed by atoms with Crippen LogP contribution in [0.5, 0.6) is 0 Å². The number of hydrogen-bond acceptors (Lipinski definition) is 6. The highest BCUT2D eigenvalue weighted by Gasteiger charge is 2.42. The monoisotopic (exact) mass is 293 g/mol. The number of ether oxygens (including phenoxy) is 1. The van der Waals surface area contributed by atoms with E-state index in [1.807, 2.05) is 0 Å². The number of carboxylic acid groups (broad SMARTS) is 1. The summed E-state index contributed by atoms with van der Waals surface area (Å²) in [5.41, 5.74) is -0.250. The summed E-state index contributed by atoms with van der Waals surface area (Å²) in [7, 11) is 0. The number of aryl methyl sites for hydroxylation is 1. The molecule has 114 valence electrons. The lowest BCUT2D eigenvalue weighted by Gasteiger charge is -2.25. The van der Waals surface area contributed by atoms with Crippen LogP contribution >= 0.6 is 0 Å². The Morgan fingerprint density at radius 2 is 2.10 bits per heavy atom. The first-order valence-corrected chi connectivity index (χ1v) is 7.01. The van der Waals surface area contributed by atoms with Gasteiger partial charge in [0.1, 0.15) is 5.54 Å². The Bertz CT molecular complexity index is 553. The fourth-order valence-corrected chi connectivity index (χ4v) is 2.52. The Morgan fingerprint density at radius 1 is 1.43 bits per heavy atom. The molecule has 0 atom stereocenters. The third-order valence-corrected chi connectivity index (χ3v) is 3.69. The van der Waals surface area contributed by atoms with Crippen molar-refractivity contribution < 1.29 is 19.4 Å². The van der Waals surface area contributed by atoms with Crippen LogP contribution in [0.15, 0.2) is 6.20 Å². The largest absolute Gasteiger partial charge is 0.480 e. The van der Waals surface area contributed by atoms with Gasteiger partial charge in [-0.25, -0.2) is 19.6 Å². The van der Waals surface area contributed by atoms with Gasteiger partial charge in [-0.15, -0.1) is 0 Å². The number of aliphatic carboxylic acids is 1. The number of carboxylic acids is 1. The van der Waals surface area contributed by atoms with Gasteiger partial charge in [0.15, 0.2) is 0 Å². The van der Waals surface area contributed by atoms with Crippen molar-refractivity contribution in [2.24, 2.45) is 0 Å². The molecule has 7 nitrogen and oxygen atoms in total. The predicted octanol–water partition coefficient (Wildman–Crippen LogP) is 1.77. The van der Waals surface area contributed by atoms with Crippen molar-refractivity contribution in [1.82, 2.24) is 9.97 Å². The van der Waals surface area contributed by atoms with Gasteiger partial charge in [-0.1, -0.05) is 12.8 Å². The molecule has 0 spiro atoms. The molecule has 1 aliphatic carbocycles. The maximum atomic E-state index is 11.7. The zero-order chi connectivity index (χ0) is 15.5. The molecule has 1 aromatic rings. The first kappa shape index (κ1) is 15.2. The van der Waals surface area contributed by atoms with Crippen LogP contribution in [0.3, 0.4) is 0 Å². The van der Waals surface area contributed by atoms with Crippen LogP contribution in [-0.4, -0.2) is 39.2 Å². The normalized spacial score (nSPS) is 16.5. The van der Waals surface area contributed by atoms with Crippen molar-refractivity contribution in [3.8, 4) is 0 Å². The molecule has 1 heterocycles. The highest BCUT2D eigenvalue weighted by molar-refractivity contribution is 5.90. The fourth-order valence-electron chi connectivity index (χ4n) is 2.52. The Morgan fingerprint density at radius 3 is 2.62 bits per heavy atom. The molecule has 0 aliphatic heterocycles. The summed E-state index contributed by atoms with van der Waals surface area (Å²) in [5.74, 6) is -1.14. The lowest BCUT2D eigenvalue weighted by molar-refractivity contribution is -0.142. The van der Waals surface area contributed by atoms with Gasteiger partial charge in [-0.2, -0.15) is 0 Å². The van der Waals surface area contributed by atoms with E-state index in [1.165, 1.54) is 6.20 Å². The van der Waals surface area contributed by atoms with Gasteiger partial charge in [0.2, 0.25) is 5.95 Å². The molecule has 7 heteroatoms. The highest BCUT2D eigenvalue weighted by Crippen LogP contribution is 2.32. The minimum atomic E-state index is -1.00. The first-order chi connectivity index (χ1) is 9.98. The van der Waals surface area contributed by atoms with Crippen LogP contribution in [-0.2, 0) is 9.53 Å². The van der Waals surface area contributed by atoms with Gasteiger partial charge >= 0.3 is 11.9 Å². The van der Waals surface area contributed by atoms with E-state index in [0.29, 0.717) is 18.5 Å². The minimum Gasteiger partial charge on any atom is -0.480 e. The Balaban J connectivity index is 2.20. The third-order valence-electron chi connectivity index (χ3n) is 3.69. The fraction of sp³-hybridized carbons (Fsp3) is 0.571. The Kier molecular flexibility index (Phi) is 4.40. The number of nitrogens with zero attached hydrogens (tertiary/aromatic N) is 2. The number of carbonyl (C=O) groups is 2. The number of nitrogens with one attached hydrogen (secondary N) is 1. The number of anilines is 1. The average Bonchev–Trinajstić information content (AvgIpc) is 2.89. The molecule has 2 N–H and O–H groups in total. The van der Waals surface area contributed by atoms with Crippen LogP contribution in [0.2, 0.25) is 0 Å². The van der Waals surface area contributed by atoms with E-state index in [1.54, 1.807) is 13.8 Å². The van der Waals surface area contributed by atoms with Crippen LogP contribution in [0.1, 0.15) is 48.7 Å². The van der Waals surface area contributed by atoms with Gasteiger partial charge in [-0.05, 0) is 26.7 Å². The third kappa shape index (κ3) is 3.12. The molecule has 0 saturated heterocycles. The standard InChI is InChI=1S/C14H19N3O4/c1-3-21-11(18)10-8-15-13(16-9(10)2)17-14(12(19)20)6-4-5-7-14/h8H,3-7H2,1-2H3,(H,19,20)(H,15,16,17).